The van der Waals surface area contributed by atoms with Crippen LogP contribution < -0.4 is 5.32 Å². The van der Waals surface area contributed by atoms with Gasteiger partial charge in [-0.25, -0.2) is 4.99 Å². The van der Waals surface area contributed by atoms with E-state index in [4.69, 9.17) is 4.74 Å². The molecule has 5 nitrogen and oxygen atoms in total. The fraction of sp³-hybridized carbons (Fsp3) is 0.314. The highest BCUT2D eigenvalue weighted by Gasteiger charge is 2.25. The van der Waals surface area contributed by atoms with Crippen LogP contribution in [0.15, 0.2) is 119 Å². The number of aliphatic imine (C=N–C) groups is 1. The quantitative estimate of drug-likeness (QED) is 0.108. The number of carbonyl (C=O) groups is 1. The van der Waals surface area contributed by atoms with Crippen molar-refractivity contribution in [1.29, 1.82) is 0 Å². The maximum Gasteiger partial charge on any atom is 0.172 e. The largest absolute Gasteiger partial charge is 0.379 e. The molecule has 1 saturated heterocycles. The van der Waals surface area contributed by atoms with Gasteiger partial charge in [0.25, 0.3) is 0 Å². The minimum Gasteiger partial charge on any atom is -0.379 e. The summed E-state index contributed by atoms with van der Waals surface area (Å²) in [5.74, 6) is 6.02. The zero-order chi connectivity index (χ0) is 28.7. The molecule has 1 aromatic carbocycles. The van der Waals surface area contributed by atoms with Gasteiger partial charge in [0.1, 0.15) is 0 Å². The van der Waals surface area contributed by atoms with E-state index >= 15 is 0 Å². The van der Waals surface area contributed by atoms with Crippen LogP contribution in [0.3, 0.4) is 0 Å². The number of allylic oxidation sites excluding steroid dienone is 9. The van der Waals surface area contributed by atoms with E-state index in [-0.39, 0.29) is 5.78 Å². The van der Waals surface area contributed by atoms with Crippen LogP contribution in [0.2, 0.25) is 0 Å². The number of morpholine rings is 1. The molecule has 1 N–H and O–H groups in total. The van der Waals surface area contributed by atoms with E-state index in [1.165, 1.54) is 11.8 Å². The molecule has 0 aromatic heterocycles. The van der Waals surface area contributed by atoms with Crippen molar-refractivity contribution in [2.24, 2.45) is 10.9 Å². The molecule has 0 radical (unpaired) electrons. The zero-order valence-corrected chi connectivity index (χ0v) is 23.9. The predicted molar refractivity (Wildman–Crippen MR) is 167 cm³/mol. The first-order chi connectivity index (χ1) is 19.4. The molecule has 5 heteroatoms. The summed E-state index contributed by atoms with van der Waals surface area (Å²) in [6.07, 6.45) is 13.5. The molecule has 0 amide bonds. The molecular formula is C35H41N3O2. The highest BCUT2D eigenvalue weighted by molar-refractivity contribution is 6.00. The maximum atomic E-state index is 13.5. The Hall–Kier alpha value is -3.98. The molecule has 1 heterocycles. The third kappa shape index (κ3) is 9.96. The van der Waals surface area contributed by atoms with Crippen molar-refractivity contribution in [3.8, 4) is 11.8 Å². The second kappa shape index (κ2) is 16.2. The Morgan fingerprint density at radius 3 is 2.52 bits per heavy atom. The van der Waals surface area contributed by atoms with Crippen molar-refractivity contribution >= 4 is 12.1 Å². The minimum absolute atomic E-state index is 0.0229. The van der Waals surface area contributed by atoms with Crippen molar-refractivity contribution in [2.75, 3.05) is 32.8 Å². The minimum atomic E-state index is -0.439. The van der Waals surface area contributed by atoms with E-state index in [1.54, 1.807) is 6.34 Å². The lowest BCUT2D eigenvalue weighted by Crippen LogP contribution is -2.37. The molecule has 1 atom stereocenters. The van der Waals surface area contributed by atoms with Crippen molar-refractivity contribution < 1.29 is 9.53 Å². The predicted octanol–water partition coefficient (Wildman–Crippen LogP) is 6.58. The van der Waals surface area contributed by atoms with Gasteiger partial charge in [0.05, 0.1) is 25.5 Å². The van der Waals surface area contributed by atoms with Gasteiger partial charge in [-0.05, 0) is 39.2 Å². The van der Waals surface area contributed by atoms with Crippen molar-refractivity contribution in [2.45, 2.75) is 33.1 Å². The van der Waals surface area contributed by atoms with Gasteiger partial charge in [0, 0.05) is 48.2 Å². The summed E-state index contributed by atoms with van der Waals surface area (Å²) in [5, 5.41) is 3.20. The monoisotopic (exact) mass is 535 g/mol. The van der Waals surface area contributed by atoms with Crippen LogP contribution >= 0.6 is 0 Å². The molecule has 1 fully saturated rings. The average molecular weight is 536 g/mol. The summed E-state index contributed by atoms with van der Waals surface area (Å²) in [5.41, 5.74) is 6.54. The van der Waals surface area contributed by atoms with E-state index < -0.39 is 5.92 Å². The van der Waals surface area contributed by atoms with Gasteiger partial charge < -0.3 is 10.1 Å². The summed E-state index contributed by atoms with van der Waals surface area (Å²) >= 11 is 0. The molecule has 2 aliphatic rings. The Balaban J connectivity index is 1.65. The number of Topliss-reactive ketones (excluding diaryl/α,β-unsaturated/α-hetero) is 1. The van der Waals surface area contributed by atoms with Gasteiger partial charge >= 0.3 is 0 Å². The van der Waals surface area contributed by atoms with Crippen LogP contribution in [0.25, 0.3) is 0 Å². The Labute approximate surface area is 240 Å². The number of rotatable bonds is 12. The fourth-order valence-corrected chi connectivity index (χ4v) is 4.60. The molecule has 208 valence electrons. The Kier molecular flexibility index (Phi) is 12.4. The van der Waals surface area contributed by atoms with Crippen LogP contribution in [-0.4, -0.2) is 49.9 Å². The van der Waals surface area contributed by atoms with Crippen molar-refractivity contribution in [3.63, 3.8) is 0 Å². The first-order valence-electron chi connectivity index (χ1n) is 13.8. The van der Waals surface area contributed by atoms with E-state index in [0.717, 1.165) is 68.1 Å². The van der Waals surface area contributed by atoms with Crippen LogP contribution in [0.4, 0.5) is 0 Å². The molecular weight excluding hydrogens is 494 g/mol. The standard InChI is InChI=1S/C35H41N3O2/c1-6-36-26-37-34(27(2)3)33(35(39)32-10-8-7-9-11-32)24-29(5)13-12-28(4)14-15-30-16-18-31(19-17-30)25-38-20-22-40-23-21-38/h6-13,16,18,26,33H,1,4-5,17,19-25H2,2-3H3,(H,36,37)/b13-12-. The van der Waals surface area contributed by atoms with E-state index in [9.17, 15) is 4.79 Å². The highest BCUT2D eigenvalue weighted by Crippen LogP contribution is 2.26. The highest BCUT2D eigenvalue weighted by atomic mass is 16.5. The lowest BCUT2D eigenvalue weighted by atomic mass is 9.87. The molecule has 1 aliphatic carbocycles. The third-order valence-electron chi connectivity index (χ3n) is 6.80. The van der Waals surface area contributed by atoms with Gasteiger partial charge in [-0.2, -0.15) is 0 Å². The molecule has 1 aliphatic heterocycles. The number of nitrogens with one attached hydrogen (secondary N) is 1. The van der Waals surface area contributed by atoms with Gasteiger partial charge in [0.2, 0.25) is 0 Å². The van der Waals surface area contributed by atoms with Gasteiger partial charge in [0.15, 0.2) is 5.78 Å². The smallest absolute Gasteiger partial charge is 0.172 e. The SMILES string of the molecule is C=CN=CNC(=C(C)C)C(CC(=C)/C=C\C(=C)C#CC1=CC=C(CN2CCOCC2)CC1)C(=O)c1ccccc1. The molecule has 0 saturated carbocycles. The molecule has 0 bridgehead atoms. The second-order valence-electron chi connectivity index (χ2n) is 10.2. The normalized spacial score (nSPS) is 16.4. The molecule has 3 rings (SSSR count). The van der Waals surface area contributed by atoms with Crippen molar-refractivity contribution in [3.05, 3.63) is 120 Å². The molecule has 1 unspecified atom stereocenters. The van der Waals surface area contributed by atoms with Crippen LogP contribution in [0, 0.1) is 17.8 Å². The van der Waals surface area contributed by atoms with E-state index in [2.05, 4.69) is 58.9 Å². The van der Waals surface area contributed by atoms with Crippen LogP contribution in [-0.2, 0) is 4.74 Å². The fourth-order valence-electron chi connectivity index (χ4n) is 4.60. The number of nitrogens with zero attached hydrogens (tertiary/aromatic N) is 2. The lowest BCUT2D eigenvalue weighted by Gasteiger charge is -2.28. The third-order valence-corrected chi connectivity index (χ3v) is 6.80. The van der Waals surface area contributed by atoms with Gasteiger partial charge in [-0.15, -0.1) is 0 Å². The average Bonchev–Trinajstić information content (AvgIpc) is 2.97. The number of hydrogen-bond donors (Lipinski definition) is 1. The summed E-state index contributed by atoms with van der Waals surface area (Å²) in [6.45, 7) is 20.6. The number of benzene rings is 1. The summed E-state index contributed by atoms with van der Waals surface area (Å²) < 4.78 is 5.44. The number of carbonyl (C=O) groups excluding carboxylic acids is 1. The first-order valence-corrected chi connectivity index (χ1v) is 13.8. The molecule has 0 spiro atoms. The Bertz CT molecular complexity index is 1290. The molecule has 40 heavy (non-hydrogen) atoms. The van der Waals surface area contributed by atoms with E-state index in [1.807, 2.05) is 56.3 Å². The Morgan fingerprint density at radius 2 is 1.88 bits per heavy atom. The van der Waals surface area contributed by atoms with E-state index in [0.29, 0.717) is 17.6 Å². The topological polar surface area (TPSA) is 53.9 Å². The van der Waals surface area contributed by atoms with Gasteiger partial charge in [-0.3, -0.25) is 9.69 Å². The molecule has 1 aromatic rings. The van der Waals surface area contributed by atoms with Crippen molar-refractivity contribution in [1.82, 2.24) is 10.2 Å². The lowest BCUT2D eigenvalue weighted by molar-refractivity contribution is 0.0419. The van der Waals surface area contributed by atoms with Gasteiger partial charge in [-0.1, -0.05) is 96.9 Å². The first kappa shape index (κ1) is 30.6. The summed E-state index contributed by atoms with van der Waals surface area (Å²) in [7, 11) is 0. The number of hydrogen-bond acceptors (Lipinski definition) is 4. The number of ether oxygens (including phenoxy) is 1. The second-order valence-corrected chi connectivity index (χ2v) is 10.2. The Morgan fingerprint density at radius 1 is 1.12 bits per heavy atom. The summed E-state index contributed by atoms with van der Waals surface area (Å²) in [4.78, 5) is 20.0. The van der Waals surface area contributed by atoms with Crippen LogP contribution in [0.1, 0.15) is 43.5 Å². The summed E-state index contributed by atoms with van der Waals surface area (Å²) in [6, 6.07) is 9.33. The zero-order valence-electron chi connectivity index (χ0n) is 23.9. The van der Waals surface area contributed by atoms with Crippen LogP contribution in [0.5, 0.6) is 0 Å². The maximum absolute atomic E-state index is 13.5. The number of ketones is 1.